The van der Waals surface area contributed by atoms with E-state index in [0.29, 0.717) is 5.56 Å². The van der Waals surface area contributed by atoms with Crippen molar-refractivity contribution in [2.45, 2.75) is 44.6 Å². The van der Waals surface area contributed by atoms with Crippen LogP contribution in [0.15, 0.2) is 23.1 Å². The SMILES string of the molecule is CCC(CC)C(O)CNS(=O)(=O)c1ccc(C)c(F)c1. The van der Waals surface area contributed by atoms with Crippen molar-refractivity contribution in [3.8, 4) is 0 Å². The van der Waals surface area contributed by atoms with Crippen molar-refractivity contribution in [3.05, 3.63) is 29.6 Å². The topological polar surface area (TPSA) is 66.4 Å². The highest BCUT2D eigenvalue weighted by atomic mass is 32.2. The van der Waals surface area contributed by atoms with Crippen molar-refractivity contribution >= 4 is 10.0 Å². The third kappa shape index (κ3) is 4.26. The van der Waals surface area contributed by atoms with Crippen molar-refractivity contribution in [1.29, 1.82) is 0 Å². The molecule has 0 radical (unpaired) electrons. The van der Waals surface area contributed by atoms with E-state index in [1.165, 1.54) is 12.1 Å². The Morgan fingerprint density at radius 3 is 2.40 bits per heavy atom. The van der Waals surface area contributed by atoms with E-state index >= 15 is 0 Å². The van der Waals surface area contributed by atoms with Crippen LogP contribution in [0.25, 0.3) is 0 Å². The van der Waals surface area contributed by atoms with E-state index in [9.17, 15) is 17.9 Å². The van der Waals surface area contributed by atoms with E-state index in [0.717, 1.165) is 18.9 Å². The molecule has 0 saturated heterocycles. The average Bonchev–Trinajstić information content (AvgIpc) is 2.41. The van der Waals surface area contributed by atoms with Crippen LogP contribution in [0.2, 0.25) is 0 Å². The van der Waals surface area contributed by atoms with Gasteiger partial charge in [-0.3, -0.25) is 0 Å². The largest absolute Gasteiger partial charge is 0.391 e. The van der Waals surface area contributed by atoms with Gasteiger partial charge in [0, 0.05) is 6.54 Å². The molecule has 2 N–H and O–H groups in total. The summed E-state index contributed by atoms with van der Waals surface area (Å²) in [5.41, 5.74) is 0.390. The van der Waals surface area contributed by atoms with Crippen molar-refractivity contribution < 1.29 is 17.9 Å². The highest BCUT2D eigenvalue weighted by molar-refractivity contribution is 7.89. The second-order valence-electron chi connectivity index (χ2n) is 4.91. The number of rotatable bonds is 7. The van der Waals surface area contributed by atoms with E-state index in [1.807, 2.05) is 13.8 Å². The normalized spacial score (nSPS) is 13.7. The molecule has 0 aliphatic carbocycles. The predicted octanol–water partition coefficient (Wildman–Crippen LogP) is 2.21. The molecule has 1 rings (SSSR count). The Morgan fingerprint density at radius 2 is 1.90 bits per heavy atom. The number of aliphatic hydroxyl groups is 1. The summed E-state index contributed by atoms with van der Waals surface area (Å²) in [7, 11) is -3.79. The summed E-state index contributed by atoms with van der Waals surface area (Å²) in [6.45, 7) is 5.39. The summed E-state index contributed by atoms with van der Waals surface area (Å²) in [6.07, 6.45) is 0.812. The number of benzene rings is 1. The monoisotopic (exact) mass is 303 g/mol. The number of nitrogens with one attached hydrogen (secondary N) is 1. The summed E-state index contributed by atoms with van der Waals surface area (Å²) < 4.78 is 39.8. The third-order valence-corrected chi connectivity index (χ3v) is 4.95. The third-order valence-electron chi connectivity index (χ3n) is 3.53. The molecule has 1 aromatic rings. The van der Waals surface area contributed by atoms with E-state index in [-0.39, 0.29) is 17.4 Å². The number of aliphatic hydroxyl groups excluding tert-OH is 1. The molecule has 4 nitrogen and oxygen atoms in total. The van der Waals surface area contributed by atoms with Gasteiger partial charge in [0.05, 0.1) is 11.0 Å². The Morgan fingerprint density at radius 1 is 1.30 bits per heavy atom. The molecule has 0 heterocycles. The number of halogens is 1. The van der Waals surface area contributed by atoms with Crippen LogP contribution in [-0.2, 0) is 10.0 Å². The lowest BCUT2D eigenvalue weighted by atomic mass is 9.97. The van der Waals surface area contributed by atoms with Crippen LogP contribution in [0, 0.1) is 18.7 Å². The molecule has 0 aliphatic rings. The maximum atomic E-state index is 13.4. The summed E-state index contributed by atoms with van der Waals surface area (Å²) in [5.74, 6) is -0.513. The first kappa shape index (κ1) is 17.1. The van der Waals surface area contributed by atoms with Crippen LogP contribution >= 0.6 is 0 Å². The first-order valence-electron chi connectivity index (χ1n) is 6.75. The van der Waals surface area contributed by atoms with E-state index in [2.05, 4.69) is 4.72 Å². The lowest BCUT2D eigenvalue weighted by molar-refractivity contribution is 0.107. The molecular formula is C14H22FNO3S. The Labute approximate surface area is 120 Å². The van der Waals surface area contributed by atoms with E-state index in [4.69, 9.17) is 0 Å². The fourth-order valence-electron chi connectivity index (χ4n) is 2.02. The van der Waals surface area contributed by atoms with Gasteiger partial charge in [-0.05, 0) is 30.5 Å². The Kier molecular flexibility index (Phi) is 6.10. The molecule has 0 saturated carbocycles. The van der Waals surface area contributed by atoms with Crippen molar-refractivity contribution in [1.82, 2.24) is 4.72 Å². The van der Waals surface area contributed by atoms with Gasteiger partial charge in [0.1, 0.15) is 5.82 Å². The molecule has 0 bridgehead atoms. The van der Waals surface area contributed by atoms with Gasteiger partial charge in [-0.2, -0.15) is 0 Å². The Bertz CT molecular complexity index is 541. The number of sulfonamides is 1. The molecule has 0 amide bonds. The molecule has 20 heavy (non-hydrogen) atoms. The van der Waals surface area contributed by atoms with Gasteiger partial charge in [0.2, 0.25) is 10.0 Å². The maximum Gasteiger partial charge on any atom is 0.240 e. The predicted molar refractivity (Wildman–Crippen MR) is 76.4 cm³/mol. The molecule has 1 atom stereocenters. The van der Waals surface area contributed by atoms with Gasteiger partial charge < -0.3 is 5.11 Å². The van der Waals surface area contributed by atoms with Gasteiger partial charge in [0.15, 0.2) is 0 Å². The van der Waals surface area contributed by atoms with E-state index in [1.54, 1.807) is 6.92 Å². The van der Waals surface area contributed by atoms with Gasteiger partial charge in [-0.25, -0.2) is 17.5 Å². The highest BCUT2D eigenvalue weighted by Gasteiger charge is 2.20. The quantitative estimate of drug-likeness (QED) is 0.811. The summed E-state index contributed by atoms with van der Waals surface area (Å²) >= 11 is 0. The smallest absolute Gasteiger partial charge is 0.240 e. The maximum absolute atomic E-state index is 13.4. The minimum atomic E-state index is -3.79. The standard InChI is InChI=1S/C14H22FNO3S/c1-4-11(5-2)14(17)9-16-20(18,19)12-7-6-10(3)13(15)8-12/h6-8,11,14,16-17H,4-5,9H2,1-3H3. The fraction of sp³-hybridized carbons (Fsp3) is 0.571. The minimum absolute atomic E-state index is 0.0486. The van der Waals surface area contributed by atoms with Crippen molar-refractivity contribution in [2.24, 2.45) is 5.92 Å². The molecule has 0 aliphatic heterocycles. The first-order valence-corrected chi connectivity index (χ1v) is 8.24. The zero-order valence-electron chi connectivity index (χ0n) is 12.1. The van der Waals surface area contributed by atoms with Crippen molar-refractivity contribution in [3.63, 3.8) is 0 Å². The Balaban J connectivity index is 2.77. The number of aryl methyl sites for hydroxylation is 1. The summed E-state index contributed by atoms with van der Waals surface area (Å²) in [5, 5.41) is 9.92. The van der Waals surface area contributed by atoms with E-state index < -0.39 is 21.9 Å². The summed E-state index contributed by atoms with van der Waals surface area (Å²) in [6, 6.07) is 3.76. The highest BCUT2D eigenvalue weighted by Crippen LogP contribution is 2.16. The summed E-state index contributed by atoms with van der Waals surface area (Å²) in [4.78, 5) is -0.127. The van der Waals surface area contributed by atoms with Crippen molar-refractivity contribution in [2.75, 3.05) is 6.54 Å². The molecule has 0 aromatic heterocycles. The van der Waals surface area contributed by atoms with Gasteiger partial charge in [-0.15, -0.1) is 0 Å². The van der Waals surface area contributed by atoms with Gasteiger partial charge >= 0.3 is 0 Å². The Hall–Kier alpha value is -0.980. The fourth-order valence-corrected chi connectivity index (χ4v) is 3.08. The second-order valence-corrected chi connectivity index (χ2v) is 6.67. The molecule has 114 valence electrons. The van der Waals surface area contributed by atoms with Crippen LogP contribution in [0.4, 0.5) is 4.39 Å². The molecule has 1 unspecified atom stereocenters. The van der Waals surface area contributed by atoms with Gasteiger partial charge in [0.25, 0.3) is 0 Å². The molecule has 6 heteroatoms. The van der Waals surface area contributed by atoms with Crippen LogP contribution in [0.5, 0.6) is 0 Å². The van der Waals surface area contributed by atoms with Crippen LogP contribution in [-0.4, -0.2) is 26.2 Å². The molecule has 0 spiro atoms. The zero-order valence-corrected chi connectivity index (χ0v) is 12.9. The minimum Gasteiger partial charge on any atom is -0.391 e. The van der Waals surface area contributed by atoms with Gasteiger partial charge in [-0.1, -0.05) is 32.8 Å². The second kappa shape index (κ2) is 7.15. The number of hydrogen-bond donors (Lipinski definition) is 2. The van der Waals surface area contributed by atoms with Crippen LogP contribution in [0.3, 0.4) is 0 Å². The van der Waals surface area contributed by atoms with Crippen LogP contribution in [0.1, 0.15) is 32.3 Å². The molecular weight excluding hydrogens is 281 g/mol. The first-order chi connectivity index (χ1) is 9.31. The zero-order chi connectivity index (χ0) is 15.3. The lowest BCUT2D eigenvalue weighted by Crippen LogP contribution is -2.36. The number of hydrogen-bond acceptors (Lipinski definition) is 3. The van der Waals surface area contributed by atoms with Crippen LogP contribution < -0.4 is 4.72 Å². The molecule has 1 aromatic carbocycles. The molecule has 0 fully saturated rings. The lowest BCUT2D eigenvalue weighted by Gasteiger charge is -2.20. The average molecular weight is 303 g/mol.